The number of carbonyl (C=O) groups is 1. The maximum Gasteiger partial charge on any atom is 0.227 e. The number of ether oxygens (including phenoxy) is 2. The van der Waals surface area contributed by atoms with Crippen molar-refractivity contribution in [3.05, 3.63) is 83.7 Å². The lowest BCUT2D eigenvalue weighted by molar-refractivity contribution is -0.117. The molecule has 1 amide bonds. The second-order valence-corrected chi connectivity index (χ2v) is 9.46. The van der Waals surface area contributed by atoms with Crippen LogP contribution in [0.2, 0.25) is 0 Å². The number of amides is 1. The number of para-hydroxylation sites is 2. The van der Waals surface area contributed by atoms with Gasteiger partial charge in [-0.1, -0.05) is 24.3 Å². The highest BCUT2D eigenvalue weighted by molar-refractivity contribution is 5.96. The van der Waals surface area contributed by atoms with E-state index < -0.39 is 6.10 Å². The lowest BCUT2D eigenvalue weighted by atomic mass is 10.1. The molecule has 2 heterocycles. The monoisotopic (exact) mass is 485 g/mol. The Morgan fingerprint density at radius 1 is 1.03 bits per heavy atom. The molecule has 2 unspecified atom stereocenters. The first-order chi connectivity index (χ1) is 17.4. The van der Waals surface area contributed by atoms with Gasteiger partial charge in [0.1, 0.15) is 30.0 Å². The fraction of sp³-hybridized carbons (Fsp3) is 0.310. The van der Waals surface area contributed by atoms with Gasteiger partial charge >= 0.3 is 0 Å². The van der Waals surface area contributed by atoms with Crippen molar-refractivity contribution in [3.8, 4) is 11.5 Å². The van der Waals surface area contributed by atoms with Gasteiger partial charge in [0.05, 0.1) is 24.7 Å². The van der Waals surface area contributed by atoms with Gasteiger partial charge < -0.3 is 24.0 Å². The number of benzene rings is 3. The molecule has 1 aliphatic heterocycles. The number of anilines is 1. The standard InChI is InChI=1S/C29H31N3O4/c1-19-11-20(2)13-25(12-19)36-18-23(33)17-32-27-10-5-4-9-26(27)30-29(32)21-14-28(34)31(16-21)22-7-6-8-24(15-22)35-3/h4-13,15,21,23,33H,14,16-18H2,1-3H3. The summed E-state index contributed by atoms with van der Waals surface area (Å²) >= 11 is 0. The van der Waals surface area contributed by atoms with Gasteiger partial charge in [-0.3, -0.25) is 4.79 Å². The van der Waals surface area contributed by atoms with E-state index in [0.29, 0.717) is 25.3 Å². The summed E-state index contributed by atoms with van der Waals surface area (Å²) in [5.74, 6) is 2.22. The summed E-state index contributed by atoms with van der Waals surface area (Å²) in [4.78, 5) is 19.7. The SMILES string of the molecule is COc1cccc(N2CC(c3nc4ccccc4n3CC(O)COc3cc(C)cc(C)c3)CC2=O)c1. The molecule has 7 heteroatoms. The summed E-state index contributed by atoms with van der Waals surface area (Å²) in [7, 11) is 1.62. The van der Waals surface area contributed by atoms with Crippen LogP contribution in [0.25, 0.3) is 11.0 Å². The van der Waals surface area contributed by atoms with Crippen LogP contribution in [0.1, 0.15) is 29.3 Å². The summed E-state index contributed by atoms with van der Waals surface area (Å²) in [6.45, 7) is 5.05. The highest BCUT2D eigenvalue weighted by Crippen LogP contribution is 2.34. The molecule has 2 atom stereocenters. The molecule has 3 aromatic carbocycles. The van der Waals surface area contributed by atoms with Gasteiger partial charge in [-0.2, -0.15) is 0 Å². The molecule has 36 heavy (non-hydrogen) atoms. The van der Waals surface area contributed by atoms with E-state index in [9.17, 15) is 9.90 Å². The van der Waals surface area contributed by atoms with Crippen molar-refractivity contribution in [1.82, 2.24) is 9.55 Å². The Labute approximate surface area is 210 Å². The lowest BCUT2D eigenvalue weighted by Crippen LogP contribution is -2.26. The van der Waals surface area contributed by atoms with E-state index >= 15 is 0 Å². The summed E-state index contributed by atoms with van der Waals surface area (Å²) in [5, 5.41) is 10.9. The van der Waals surface area contributed by atoms with Crippen LogP contribution in [-0.4, -0.2) is 46.9 Å². The second kappa shape index (κ2) is 10.0. The number of aliphatic hydroxyl groups excluding tert-OH is 1. The fourth-order valence-corrected chi connectivity index (χ4v) is 4.98. The van der Waals surface area contributed by atoms with Crippen LogP contribution in [0.4, 0.5) is 5.69 Å². The predicted molar refractivity (Wildman–Crippen MR) is 140 cm³/mol. The van der Waals surface area contributed by atoms with Crippen LogP contribution in [-0.2, 0) is 11.3 Å². The zero-order valence-electron chi connectivity index (χ0n) is 20.8. The minimum Gasteiger partial charge on any atom is -0.497 e. The van der Waals surface area contributed by atoms with Crippen LogP contribution in [0.5, 0.6) is 11.5 Å². The van der Waals surface area contributed by atoms with E-state index in [0.717, 1.165) is 39.4 Å². The molecule has 1 N–H and O–H groups in total. The predicted octanol–water partition coefficient (Wildman–Crippen LogP) is 4.62. The van der Waals surface area contributed by atoms with Gasteiger partial charge in [-0.15, -0.1) is 0 Å². The number of hydrogen-bond acceptors (Lipinski definition) is 5. The van der Waals surface area contributed by atoms with Gasteiger partial charge in [0.15, 0.2) is 0 Å². The van der Waals surface area contributed by atoms with Gasteiger partial charge in [0, 0.05) is 30.6 Å². The summed E-state index contributed by atoms with van der Waals surface area (Å²) in [5.41, 5.74) is 4.83. The van der Waals surface area contributed by atoms with E-state index in [1.54, 1.807) is 12.0 Å². The largest absolute Gasteiger partial charge is 0.497 e. The molecule has 0 aliphatic carbocycles. The van der Waals surface area contributed by atoms with Crippen LogP contribution in [0.3, 0.4) is 0 Å². The molecule has 7 nitrogen and oxygen atoms in total. The molecular formula is C29H31N3O4. The number of aliphatic hydroxyl groups is 1. The summed E-state index contributed by atoms with van der Waals surface area (Å²) in [6.07, 6.45) is -0.385. The van der Waals surface area contributed by atoms with Crippen molar-refractivity contribution in [2.75, 3.05) is 25.2 Å². The maximum atomic E-state index is 13.0. The number of nitrogens with zero attached hydrogens (tertiary/aromatic N) is 3. The average Bonchev–Trinajstić information content (AvgIpc) is 3.43. The average molecular weight is 486 g/mol. The molecule has 0 saturated carbocycles. The van der Waals surface area contributed by atoms with Crippen LogP contribution < -0.4 is 14.4 Å². The van der Waals surface area contributed by atoms with Crippen molar-refractivity contribution in [1.29, 1.82) is 0 Å². The summed E-state index contributed by atoms with van der Waals surface area (Å²) in [6, 6.07) is 21.4. The Kier molecular flexibility index (Phi) is 6.65. The quantitative estimate of drug-likeness (QED) is 0.394. The molecule has 0 spiro atoms. The highest BCUT2D eigenvalue weighted by Gasteiger charge is 2.35. The van der Waals surface area contributed by atoms with Gasteiger partial charge in [-0.25, -0.2) is 4.98 Å². The van der Waals surface area contributed by atoms with Crippen molar-refractivity contribution in [2.24, 2.45) is 0 Å². The molecule has 186 valence electrons. The van der Waals surface area contributed by atoms with Gasteiger partial charge in [-0.05, 0) is 61.4 Å². The third kappa shape index (κ3) is 4.93. The molecule has 4 aromatic rings. The Hall–Kier alpha value is -3.84. The van der Waals surface area contributed by atoms with Crippen LogP contribution >= 0.6 is 0 Å². The number of aryl methyl sites for hydroxylation is 2. The van der Waals surface area contributed by atoms with E-state index in [4.69, 9.17) is 14.5 Å². The van der Waals surface area contributed by atoms with Crippen molar-refractivity contribution < 1.29 is 19.4 Å². The lowest BCUT2D eigenvalue weighted by Gasteiger charge is -2.19. The second-order valence-electron chi connectivity index (χ2n) is 9.46. The maximum absolute atomic E-state index is 13.0. The summed E-state index contributed by atoms with van der Waals surface area (Å²) < 4.78 is 13.3. The minimum atomic E-state index is -0.742. The smallest absolute Gasteiger partial charge is 0.227 e. The highest BCUT2D eigenvalue weighted by atomic mass is 16.5. The first-order valence-corrected chi connectivity index (χ1v) is 12.2. The number of hydrogen-bond donors (Lipinski definition) is 1. The Morgan fingerprint density at radius 2 is 1.81 bits per heavy atom. The number of aromatic nitrogens is 2. The molecule has 0 radical (unpaired) electrons. The molecule has 1 fully saturated rings. The van der Waals surface area contributed by atoms with Crippen molar-refractivity contribution in [2.45, 2.75) is 38.8 Å². The van der Waals surface area contributed by atoms with Crippen LogP contribution in [0.15, 0.2) is 66.7 Å². The zero-order valence-corrected chi connectivity index (χ0v) is 20.8. The third-order valence-corrected chi connectivity index (χ3v) is 6.57. The van der Waals surface area contributed by atoms with Crippen LogP contribution in [0, 0.1) is 13.8 Å². The third-order valence-electron chi connectivity index (χ3n) is 6.57. The van der Waals surface area contributed by atoms with E-state index in [1.165, 1.54) is 0 Å². The number of carbonyl (C=O) groups excluding carboxylic acids is 1. The normalized spacial score (nSPS) is 16.5. The number of imidazole rings is 1. The topological polar surface area (TPSA) is 76.8 Å². The molecular weight excluding hydrogens is 454 g/mol. The Morgan fingerprint density at radius 3 is 2.58 bits per heavy atom. The fourth-order valence-electron chi connectivity index (χ4n) is 4.98. The molecule has 0 bridgehead atoms. The first-order valence-electron chi connectivity index (χ1n) is 12.2. The van der Waals surface area contributed by atoms with Crippen molar-refractivity contribution in [3.63, 3.8) is 0 Å². The Balaban J connectivity index is 1.38. The molecule has 5 rings (SSSR count). The number of methoxy groups -OCH3 is 1. The van der Waals surface area contributed by atoms with Crippen molar-refractivity contribution >= 4 is 22.6 Å². The zero-order chi connectivity index (χ0) is 25.2. The first kappa shape index (κ1) is 23.9. The van der Waals surface area contributed by atoms with E-state index in [-0.39, 0.29) is 18.4 Å². The minimum absolute atomic E-state index is 0.0468. The number of fused-ring (bicyclic) bond motifs is 1. The molecule has 1 aromatic heterocycles. The van der Waals surface area contributed by atoms with Gasteiger partial charge in [0.25, 0.3) is 0 Å². The van der Waals surface area contributed by atoms with Gasteiger partial charge in [0.2, 0.25) is 5.91 Å². The van der Waals surface area contributed by atoms with E-state index in [1.807, 2.05) is 79.1 Å². The Bertz CT molecular complexity index is 1380. The van der Waals surface area contributed by atoms with E-state index in [2.05, 4.69) is 6.07 Å². The molecule has 1 saturated heterocycles. The number of rotatable bonds is 8. The molecule has 1 aliphatic rings.